The summed E-state index contributed by atoms with van der Waals surface area (Å²) in [6, 6.07) is 8.12. The van der Waals surface area contributed by atoms with Gasteiger partial charge in [-0.25, -0.2) is 0 Å². The molecule has 2 heterocycles. The number of ether oxygens (including phenoxy) is 1. The number of nitrogens with one attached hydrogen (secondary N) is 1. The standard InChI is InChI=1S/C16H21ClN2O2/c17-14-6-2-1-4-12(14)10-13-5-3-8-19(13)16(20)15-11-18-7-9-21-15/h1-2,4,6,13,15,18H,3,5,7-11H2/t13-,15+/m1/s1. The van der Waals surface area contributed by atoms with Crippen LogP contribution in [0, 0.1) is 0 Å². The summed E-state index contributed by atoms with van der Waals surface area (Å²) in [7, 11) is 0. The number of hydrogen-bond acceptors (Lipinski definition) is 3. The molecule has 2 fully saturated rings. The van der Waals surface area contributed by atoms with Crippen molar-refractivity contribution >= 4 is 17.5 Å². The molecule has 0 aliphatic carbocycles. The van der Waals surface area contributed by atoms with Crippen LogP contribution in [0.1, 0.15) is 18.4 Å². The molecule has 1 N–H and O–H groups in total. The van der Waals surface area contributed by atoms with E-state index in [9.17, 15) is 4.79 Å². The summed E-state index contributed by atoms with van der Waals surface area (Å²) in [4.78, 5) is 14.6. The molecule has 5 heteroatoms. The number of likely N-dealkylation sites (tertiary alicyclic amines) is 1. The number of carbonyl (C=O) groups is 1. The van der Waals surface area contributed by atoms with E-state index >= 15 is 0 Å². The van der Waals surface area contributed by atoms with E-state index in [0.717, 1.165) is 42.9 Å². The van der Waals surface area contributed by atoms with Crippen LogP contribution in [-0.4, -0.2) is 49.2 Å². The Morgan fingerprint density at radius 1 is 1.43 bits per heavy atom. The molecule has 2 aliphatic rings. The molecule has 1 aromatic carbocycles. The Labute approximate surface area is 130 Å². The van der Waals surface area contributed by atoms with E-state index in [1.54, 1.807) is 0 Å². The molecule has 0 aromatic heterocycles. The van der Waals surface area contributed by atoms with E-state index in [1.807, 2.05) is 29.2 Å². The number of benzene rings is 1. The van der Waals surface area contributed by atoms with E-state index < -0.39 is 0 Å². The molecule has 3 rings (SSSR count). The number of hydrogen-bond donors (Lipinski definition) is 1. The Balaban J connectivity index is 1.67. The van der Waals surface area contributed by atoms with Gasteiger partial charge < -0.3 is 15.0 Å². The molecule has 114 valence electrons. The lowest BCUT2D eigenvalue weighted by Crippen LogP contribution is -2.51. The fourth-order valence-corrected chi connectivity index (χ4v) is 3.38. The van der Waals surface area contributed by atoms with Crippen LogP contribution >= 0.6 is 11.6 Å². The first-order valence-electron chi connectivity index (χ1n) is 7.62. The monoisotopic (exact) mass is 308 g/mol. The quantitative estimate of drug-likeness (QED) is 0.927. The van der Waals surface area contributed by atoms with Gasteiger partial charge in [0.25, 0.3) is 5.91 Å². The van der Waals surface area contributed by atoms with Crippen LogP contribution in [0.25, 0.3) is 0 Å². The van der Waals surface area contributed by atoms with Crippen molar-refractivity contribution in [2.24, 2.45) is 0 Å². The zero-order chi connectivity index (χ0) is 14.7. The number of amides is 1. The number of rotatable bonds is 3. The lowest BCUT2D eigenvalue weighted by molar-refractivity contribution is -0.146. The Kier molecular flexibility index (Phi) is 4.78. The second kappa shape index (κ2) is 6.77. The van der Waals surface area contributed by atoms with Crippen LogP contribution in [-0.2, 0) is 16.0 Å². The predicted octanol–water partition coefficient (Wildman–Crippen LogP) is 1.86. The highest BCUT2D eigenvalue weighted by atomic mass is 35.5. The topological polar surface area (TPSA) is 41.6 Å². The molecular formula is C16H21ClN2O2. The summed E-state index contributed by atoms with van der Waals surface area (Å²) < 4.78 is 5.59. The van der Waals surface area contributed by atoms with Gasteiger partial charge in [0.2, 0.25) is 0 Å². The maximum absolute atomic E-state index is 12.6. The maximum atomic E-state index is 12.6. The third-order valence-corrected chi connectivity index (χ3v) is 4.65. The van der Waals surface area contributed by atoms with Gasteiger partial charge in [0.15, 0.2) is 0 Å². The van der Waals surface area contributed by atoms with Gasteiger partial charge >= 0.3 is 0 Å². The molecule has 0 unspecified atom stereocenters. The van der Waals surface area contributed by atoms with Crippen LogP contribution in [0.3, 0.4) is 0 Å². The normalized spacial score (nSPS) is 26.0. The fraction of sp³-hybridized carbons (Fsp3) is 0.562. The first-order chi connectivity index (χ1) is 10.3. The second-order valence-corrected chi connectivity index (χ2v) is 6.09. The molecule has 4 nitrogen and oxygen atoms in total. The zero-order valence-corrected chi connectivity index (χ0v) is 12.8. The third-order valence-electron chi connectivity index (χ3n) is 4.28. The summed E-state index contributed by atoms with van der Waals surface area (Å²) in [5.41, 5.74) is 1.12. The lowest BCUT2D eigenvalue weighted by Gasteiger charge is -2.31. The summed E-state index contributed by atoms with van der Waals surface area (Å²) in [5.74, 6) is 0.122. The first kappa shape index (κ1) is 14.8. The Morgan fingerprint density at radius 3 is 3.05 bits per heavy atom. The summed E-state index contributed by atoms with van der Waals surface area (Å²) in [5, 5.41) is 4.00. The van der Waals surface area contributed by atoms with Gasteiger partial charge in [-0.1, -0.05) is 29.8 Å². The van der Waals surface area contributed by atoms with Gasteiger partial charge in [0, 0.05) is 30.7 Å². The van der Waals surface area contributed by atoms with Gasteiger partial charge in [0.05, 0.1) is 6.61 Å². The first-order valence-corrected chi connectivity index (χ1v) is 7.99. The highest BCUT2D eigenvalue weighted by molar-refractivity contribution is 6.31. The molecule has 1 aromatic rings. The lowest BCUT2D eigenvalue weighted by atomic mass is 10.0. The number of carbonyl (C=O) groups excluding carboxylic acids is 1. The fourth-order valence-electron chi connectivity index (χ4n) is 3.16. The predicted molar refractivity (Wildman–Crippen MR) is 82.5 cm³/mol. The highest BCUT2D eigenvalue weighted by Gasteiger charge is 2.34. The molecular weight excluding hydrogens is 288 g/mol. The average molecular weight is 309 g/mol. The molecule has 2 saturated heterocycles. The smallest absolute Gasteiger partial charge is 0.253 e. The minimum atomic E-state index is -0.328. The van der Waals surface area contributed by atoms with Crippen molar-refractivity contribution < 1.29 is 9.53 Å². The third kappa shape index (κ3) is 3.39. The molecule has 1 amide bonds. The van der Waals surface area contributed by atoms with Gasteiger partial charge in [-0.3, -0.25) is 4.79 Å². The SMILES string of the molecule is O=C([C@@H]1CNCCO1)N1CCC[C@@H]1Cc1ccccc1Cl. The van der Waals surface area contributed by atoms with Crippen molar-refractivity contribution in [2.75, 3.05) is 26.2 Å². The van der Waals surface area contributed by atoms with E-state index in [4.69, 9.17) is 16.3 Å². The largest absolute Gasteiger partial charge is 0.366 e. The molecule has 0 bridgehead atoms. The van der Waals surface area contributed by atoms with Gasteiger partial charge in [-0.05, 0) is 30.9 Å². The molecule has 0 spiro atoms. The van der Waals surface area contributed by atoms with Crippen molar-refractivity contribution in [2.45, 2.75) is 31.4 Å². The van der Waals surface area contributed by atoms with E-state index in [1.165, 1.54) is 0 Å². The van der Waals surface area contributed by atoms with E-state index in [0.29, 0.717) is 13.2 Å². The van der Waals surface area contributed by atoms with Crippen LogP contribution in [0.4, 0.5) is 0 Å². The number of halogens is 1. The van der Waals surface area contributed by atoms with Crippen molar-refractivity contribution in [3.8, 4) is 0 Å². The molecule has 0 saturated carbocycles. The minimum absolute atomic E-state index is 0.122. The molecule has 21 heavy (non-hydrogen) atoms. The number of morpholine rings is 1. The van der Waals surface area contributed by atoms with E-state index in [-0.39, 0.29) is 18.1 Å². The van der Waals surface area contributed by atoms with E-state index in [2.05, 4.69) is 5.32 Å². The van der Waals surface area contributed by atoms with Gasteiger partial charge in [-0.2, -0.15) is 0 Å². The zero-order valence-electron chi connectivity index (χ0n) is 12.1. The van der Waals surface area contributed by atoms with Gasteiger partial charge in [0.1, 0.15) is 6.10 Å². The Morgan fingerprint density at radius 2 is 2.29 bits per heavy atom. The van der Waals surface area contributed by atoms with Crippen molar-refractivity contribution in [3.63, 3.8) is 0 Å². The Bertz CT molecular complexity index is 503. The molecule has 2 aliphatic heterocycles. The molecule has 2 atom stereocenters. The van der Waals surface area contributed by atoms with Crippen LogP contribution in [0.5, 0.6) is 0 Å². The highest BCUT2D eigenvalue weighted by Crippen LogP contribution is 2.25. The summed E-state index contributed by atoms with van der Waals surface area (Å²) in [6.07, 6.45) is 2.59. The number of nitrogens with zero attached hydrogens (tertiary/aromatic N) is 1. The van der Waals surface area contributed by atoms with Gasteiger partial charge in [-0.15, -0.1) is 0 Å². The molecule has 0 radical (unpaired) electrons. The van der Waals surface area contributed by atoms with Crippen molar-refractivity contribution in [3.05, 3.63) is 34.9 Å². The van der Waals surface area contributed by atoms with Crippen LogP contribution < -0.4 is 5.32 Å². The van der Waals surface area contributed by atoms with Crippen LogP contribution in [0.2, 0.25) is 5.02 Å². The Hall–Kier alpha value is -1.10. The van der Waals surface area contributed by atoms with Crippen molar-refractivity contribution in [1.82, 2.24) is 10.2 Å². The summed E-state index contributed by atoms with van der Waals surface area (Å²) >= 11 is 6.24. The second-order valence-electron chi connectivity index (χ2n) is 5.69. The summed E-state index contributed by atoms with van der Waals surface area (Å²) in [6.45, 7) is 2.88. The minimum Gasteiger partial charge on any atom is -0.366 e. The maximum Gasteiger partial charge on any atom is 0.253 e. The van der Waals surface area contributed by atoms with Crippen molar-refractivity contribution in [1.29, 1.82) is 0 Å². The van der Waals surface area contributed by atoms with Crippen LogP contribution in [0.15, 0.2) is 24.3 Å². The average Bonchev–Trinajstić information content (AvgIpc) is 2.98.